The van der Waals surface area contributed by atoms with E-state index in [0.29, 0.717) is 36.1 Å². The molecule has 2 aliphatic rings. The Balaban J connectivity index is 1.92. The van der Waals surface area contributed by atoms with Crippen LogP contribution in [0, 0.1) is 5.92 Å². The molecule has 7 nitrogen and oxygen atoms in total. The third-order valence-corrected chi connectivity index (χ3v) is 6.73. The summed E-state index contributed by atoms with van der Waals surface area (Å²) >= 11 is 5.97. The number of nitrogens with zero attached hydrogens (tertiary/aromatic N) is 1. The minimum absolute atomic E-state index is 0.104. The number of carbonyl (C=O) groups excluding carboxylic acids is 2. The Labute approximate surface area is 195 Å². The van der Waals surface area contributed by atoms with Crippen LogP contribution in [0.25, 0.3) is 0 Å². The van der Waals surface area contributed by atoms with Gasteiger partial charge in [0.25, 0.3) is 0 Å². The number of halogens is 1. The standard InChI is InChI=1S/C24H35ClN2O5/c1-16-6-9-18(10-7-16)26-24(29)23(17-8-11-20(30-2)21(13-17)31-3)27(22(28)14-25)15-19-5-4-12-32-19/h8,11,13,16,18-19,23H,4-7,9-10,12,14-15H2,1-3H3,(H,26,29)/t16?,18?,19-,23-/m0/s1. The third-order valence-electron chi connectivity index (χ3n) is 6.50. The minimum Gasteiger partial charge on any atom is -0.493 e. The molecule has 0 aromatic heterocycles. The van der Waals surface area contributed by atoms with Crippen LogP contribution < -0.4 is 14.8 Å². The lowest BCUT2D eigenvalue weighted by Crippen LogP contribution is -2.49. The van der Waals surface area contributed by atoms with Crippen LogP contribution in [-0.2, 0) is 14.3 Å². The maximum absolute atomic E-state index is 13.6. The van der Waals surface area contributed by atoms with E-state index in [1.165, 1.54) is 0 Å². The van der Waals surface area contributed by atoms with E-state index in [9.17, 15) is 9.59 Å². The maximum atomic E-state index is 13.6. The molecule has 0 unspecified atom stereocenters. The van der Waals surface area contributed by atoms with Gasteiger partial charge in [-0.1, -0.05) is 13.0 Å². The van der Waals surface area contributed by atoms with Crippen molar-refractivity contribution >= 4 is 23.4 Å². The molecule has 2 amide bonds. The normalized spacial score (nSPS) is 23.9. The van der Waals surface area contributed by atoms with Crippen LogP contribution in [0.15, 0.2) is 18.2 Å². The molecule has 1 heterocycles. The summed E-state index contributed by atoms with van der Waals surface area (Å²) in [5.41, 5.74) is 0.654. The summed E-state index contributed by atoms with van der Waals surface area (Å²) in [4.78, 5) is 28.1. The number of alkyl halides is 1. The van der Waals surface area contributed by atoms with E-state index in [-0.39, 0.29) is 29.8 Å². The summed E-state index contributed by atoms with van der Waals surface area (Å²) in [5, 5.41) is 3.20. The largest absolute Gasteiger partial charge is 0.493 e. The Hall–Kier alpha value is -1.99. The van der Waals surface area contributed by atoms with Gasteiger partial charge in [-0.2, -0.15) is 0 Å². The first kappa shape index (κ1) is 24.6. The van der Waals surface area contributed by atoms with Crippen LogP contribution >= 0.6 is 11.6 Å². The van der Waals surface area contributed by atoms with Crippen LogP contribution in [0.5, 0.6) is 11.5 Å². The number of rotatable bonds is 9. The number of methoxy groups -OCH3 is 2. The second kappa shape index (κ2) is 11.8. The Bertz CT molecular complexity index is 776. The number of ether oxygens (including phenoxy) is 3. The summed E-state index contributed by atoms with van der Waals surface area (Å²) in [6, 6.07) is 4.60. The van der Waals surface area contributed by atoms with Gasteiger partial charge in [-0.25, -0.2) is 0 Å². The molecule has 1 N–H and O–H groups in total. The number of hydrogen-bond donors (Lipinski definition) is 1. The van der Waals surface area contributed by atoms with Crippen LogP contribution in [-0.4, -0.2) is 62.1 Å². The predicted molar refractivity (Wildman–Crippen MR) is 123 cm³/mol. The quantitative estimate of drug-likeness (QED) is 0.562. The molecule has 0 radical (unpaired) electrons. The second-order valence-corrected chi connectivity index (χ2v) is 9.06. The van der Waals surface area contributed by atoms with Crippen LogP contribution in [0.3, 0.4) is 0 Å². The molecule has 1 aliphatic heterocycles. The van der Waals surface area contributed by atoms with Crippen molar-refractivity contribution in [2.45, 2.75) is 63.6 Å². The van der Waals surface area contributed by atoms with Crippen LogP contribution in [0.2, 0.25) is 0 Å². The van der Waals surface area contributed by atoms with Gasteiger partial charge >= 0.3 is 0 Å². The van der Waals surface area contributed by atoms with Gasteiger partial charge in [-0.05, 0) is 62.1 Å². The fourth-order valence-electron chi connectivity index (χ4n) is 4.62. The van der Waals surface area contributed by atoms with E-state index in [2.05, 4.69) is 12.2 Å². The monoisotopic (exact) mass is 466 g/mol. The van der Waals surface area contributed by atoms with Crippen molar-refractivity contribution in [3.05, 3.63) is 23.8 Å². The average Bonchev–Trinajstić information content (AvgIpc) is 3.32. The van der Waals surface area contributed by atoms with Crippen molar-refractivity contribution in [1.29, 1.82) is 0 Å². The number of carbonyl (C=O) groups is 2. The molecule has 1 aliphatic carbocycles. The third kappa shape index (κ3) is 6.07. The first-order valence-corrected chi connectivity index (χ1v) is 12.0. The summed E-state index contributed by atoms with van der Waals surface area (Å²) in [6.07, 6.45) is 5.77. The molecular formula is C24H35ClN2O5. The van der Waals surface area contributed by atoms with E-state index < -0.39 is 6.04 Å². The molecule has 0 spiro atoms. The number of benzene rings is 1. The molecule has 1 saturated heterocycles. The van der Waals surface area contributed by atoms with Crippen molar-refractivity contribution in [2.75, 3.05) is 33.3 Å². The topological polar surface area (TPSA) is 77.1 Å². The van der Waals surface area contributed by atoms with Gasteiger partial charge in [-0.15, -0.1) is 11.6 Å². The van der Waals surface area contributed by atoms with E-state index >= 15 is 0 Å². The lowest BCUT2D eigenvalue weighted by atomic mass is 9.87. The smallest absolute Gasteiger partial charge is 0.247 e. The summed E-state index contributed by atoms with van der Waals surface area (Å²) < 4.78 is 16.6. The van der Waals surface area contributed by atoms with Gasteiger partial charge in [0.15, 0.2) is 11.5 Å². The average molecular weight is 467 g/mol. The number of hydrogen-bond acceptors (Lipinski definition) is 5. The molecular weight excluding hydrogens is 432 g/mol. The maximum Gasteiger partial charge on any atom is 0.247 e. The molecule has 1 aromatic carbocycles. The zero-order valence-corrected chi connectivity index (χ0v) is 20.0. The minimum atomic E-state index is -0.829. The highest BCUT2D eigenvalue weighted by atomic mass is 35.5. The first-order chi connectivity index (χ1) is 15.5. The molecule has 8 heteroatoms. The van der Waals surface area contributed by atoms with Gasteiger partial charge in [0.2, 0.25) is 11.8 Å². The Kier molecular flexibility index (Phi) is 9.05. The fourth-order valence-corrected chi connectivity index (χ4v) is 4.77. The van der Waals surface area contributed by atoms with Gasteiger partial charge in [0.05, 0.1) is 20.3 Å². The molecule has 32 heavy (non-hydrogen) atoms. The van der Waals surface area contributed by atoms with E-state index in [4.69, 9.17) is 25.8 Å². The zero-order valence-electron chi connectivity index (χ0n) is 19.3. The highest BCUT2D eigenvalue weighted by Gasteiger charge is 2.35. The van der Waals surface area contributed by atoms with E-state index in [0.717, 1.165) is 38.5 Å². The lowest BCUT2D eigenvalue weighted by molar-refractivity contribution is -0.141. The Morgan fingerprint density at radius 1 is 1.16 bits per heavy atom. The molecule has 2 fully saturated rings. The molecule has 1 saturated carbocycles. The number of nitrogens with one attached hydrogen (secondary N) is 1. The highest BCUT2D eigenvalue weighted by molar-refractivity contribution is 6.27. The van der Waals surface area contributed by atoms with Crippen molar-refractivity contribution in [2.24, 2.45) is 5.92 Å². The first-order valence-electron chi connectivity index (χ1n) is 11.5. The molecule has 3 rings (SSSR count). The Morgan fingerprint density at radius 3 is 2.47 bits per heavy atom. The zero-order chi connectivity index (χ0) is 23.1. The van der Waals surface area contributed by atoms with Gasteiger partial charge in [-0.3, -0.25) is 9.59 Å². The summed E-state index contributed by atoms with van der Waals surface area (Å²) in [6.45, 7) is 3.23. The summed E-state index contributed by atoms with van der Waals surface area (Å²) in [5.74, 6) is 1.04. The number of amides is 2. The summed E-state index contributed by atoms with van der Waals surface area (Å²) in [7, 11) is 3.11. The highest BCUT2D eigenvalue weighted by Crippen LogP contribution is 2.33. The molecule has 0 bridgehead atoms. The van der Waals surface area contributed by atoms with Crippen molar-refractivity contribution in [1.82, 2.24) is 10.2 Å². The molecule has 2 atom stereocenters. The SMILES string of the molecule is COc1ccc([C@@H](C(=O)NC2CCC(C)CC2)N(C[C@@H]2CCCO2)C(=O)CCl)cc1OC. The van der Waals surface area contributed by atoms with Gasteiger partial charge in [0.1, 0.15) is 11.9 Å². The van der Waals surface area contributed by atoms with Crippen LogP contribution in [0.1, 0.15) is 57.1 Å². The Morgan fingerprint density at radius 2 is 1.88 bits per heavy atom. The lowest BCUT2D eigenvalue weighted by Gasteiger charge is -2.35. The van der Waals surface area contributed by atoms with E-state index in [1.807, 2.05) is 0 Å². The second-order valence-electron chi connectivity index (χ2n) is 8.80. The van der Waals surface area contributed by atoms with Crippen molar-refractivity contribution in [3.63, 3.8) is 0 Å². The van der Waals surface area contributed by atoms with Gasteiger partial charge in [0, 0.05) is 19.2 Å². The van der Waals surface area contributed by atoms with Gasteiger partial charge < -0.3 is 24.4 Å². The van der Waals surface area contributed by atoms with Crippen molar-refractivity contribution < 1.29 is 23.8 Å². The molecule has 178 valence electrons. The fraction of sp³-hybridized carbons (Fsp3) is 0.667. The van der Waals surface area contributed by atoms with Crippen molar-refractivity contribution in [3.8, 4) is 11.5 Å². The molecule has 1 aromatic rings. The predicted octanol–water partition coefficient (Wildman–Crippen LogP) is 3.69. The van der Waals surface area contributed by atoms with E-state index in [1.54, 1.807) is 37.3 Å². The van der Waals surface area contributed by atoms with Crippen LogP contribution in [0.4, 0.5) is 0 Å².